The maximum atomic E-state index is 11.9. The van der Waals surface area contributed by atoms with E-state index in [4.69, 9.17) is 0 Å². The third kappa shape index (κ3) is 3.69. The number of carbonyl (C=O) groups is 1. The minimum Gasteiger partial charge on any atom is -0.351 e. The number of hydrogen-bond donors (Lipinski definition) is 1. The Morgan fingerprint density at radius 2 is 1.87 bits per heavy atom. The van der Waals surface area contributed by atoms with Crippen LogP contribution in [0.2, 0.25) is 0 Å². The number of amides is 1. The highest BCUT2D eigenvalue weighted by molar-refractivity contribution is 5.79. The fourth-order valence-corrected chi connectivity index (χ4v) is 1.95. The van der Waals surface area contributed by atoms with Gasteiger partial charge >= 0.3 is 0 Å². The fraction of sp³-hybridized carbons (Fsp3) is 0.769. The number of nitrogens with one attached hydrogen (secondary N) is 1. The standard InChI is InChI=1S/C13H23NO/c1-9-6-7-11(8-10(9)2)12(15)14-13(3,4)5/h11H,6-8H2,1-5H3,(H,14,15). The third-order valence-corrected chi connectivity index (χ3v) is 3.02. The van der Waals surface area contributed by atoms with Crippen LogP contribution in [0.15, 0.2) is 11.1 Å². The quantitative estimate of drug-likeness (QED) is 0.661. The molecule has 2 nitrogen and oxygen atoms in total. The summed E-state index contributed by atoms with van der Waals surface area (Å²) in [6.07, 6.45) is 3.02. The zero-order chi connectivity index (χ0) is 11.6. The van der Waals surface area contributed by atoms with Gasteiger partial charge in [0.15, 0.2) is 0 Å². The summed E-state index contributed by atoms with van der Waals surface area (Å²) < 4.78 is 0. The summed E-state index contributed by atoms with van der Waals surface area (Å²) in [5.41, 5.74) is 2.76. The van der Waals surface area contributed by atoms with E-state index >= 15 is 0 Å². The van der Waals surface area contributed by atoms with Crippen molar-refractivity contribution in [3.8, 4) is 0 Å². The van der Waals surface area contributed by atoms with Gasteiger partial charge in [-0.1, -0.05) is 11.1 Å². The SMILES string of the molecule is CC1=C(C)CC(C(=O)NC(C)(C)C)CC1. The molecule has 0 bridgehead atoms. The average Bonchev–Trinajstić information content (AvgIpc) is 2.06. The summed E-state index contributed by atoms with van der Waals surface area (Å²) in [6.45, 7) is 10.4. The fourth-order valence-electron chi connectivity index (χ4n) is 1.95. The van der Waals surface area contributed by atoms with Crippen molar-refractivity contribution in [1.29, 1.82) is 0 Å². The normalized spacial score (nSPS) is 22.9. The van der Waals surface area contributed by atoms with Gasteiger partial charge in [0.05, 0.1) is 0 Å². The van der Waals surface area contributed by atoms with Crippen molar-refractivity contribution in [3.05, 3.63) is 11.1 Å². The molecule has 0 saturated heterocycles. The number of carbonyl (C=O) groups excluding carboxylic acids is 1. The zero-order valence-electron chi connectivity index (χ0n) is 10.6. The monoisotopic (exact) mass is 209 g/mol. The molecule has 15 heavy (non-hydrogen) atoms. The Balaban J connectivity index is 2.57. The maximum Gasteiger partial charge on any atom is 0.223 e. The minimum atomic E-state index is -0.110. The van der Waals surface area contributed by atoms with Crippen molar-refractivity contribution in [3.63, 3.8) is 0 Å². The van der Waals surface area contributed by atoms with Crippen LogP contribution in [0.4, 0.5) is 0 Å². The molecular weight excluding hydrogens is 186 g/mol. The lowest BCUT2D eigenvalue weighted by atomic mass is 9.84. The smallest absolute Gasteiger partial charge is 0.223 e. The van der Waals surface area contributed by atoms with Crippen LogP contribution in [-0.4, -0.2) is 11.4 Å². The molecule has 0 fully saturated rings. The van der Waals surface area contributed by atoms with Crippen LogP contribution in [0.25, 0.3) is 0 Å². The Labute approximate surface area is 93.1 Å². The van der Waals surface area contributed by atoms with Crippen LogP contribution in [0.3, 0.4) is 0 Å². The lowest BCUT2D eigenvalue weighted by Crippen LogP contribution is -2.44. The van der Waals surface area contributed by atoms with E-state index in [9.17, 15) is 4.79 Å². The number of hydrogen-bond acceptors (Lipinski definition) is 1. The first-order valence-corrected chi connectivity index (χ1v) is 5.77. The molecule has 0 aromatic carbocycles. The topological polar surface area (TPSA) is 29.1 Å². The van der Waals surface area contributed by atoms with Crippen molar-refractivity contribution in [2.75, 3.05) is 0 Å². The Morgan fingerprint density at radius 3 is 2.33 bits per heavy atom. The highest BCUT2D eigenvalue weighted by atomic mass is 16.2. The van der Waals surface area contributed by atoms with Gasteiger partial charge in [-0.25, -0.2) is 0 Å². The second-order valence-corrected chi connectivity index (χ2v) is 5.74. The molecule has 1 unspecified atom stereocenters. The largest absolute Gasteiger partial charge is 0.351 e. The summed E-state index contributed by atoms with van der Waals surface area (Å²) in [4.78, 5) is 11.9. The van der Waals surface area contributed by atoms with Gasteiger partial charge in [-0.15, -0.1) is 0 Å². The maximum absolute atomic E-state index is 11.9. The molecule has 0 saturated carbocycles. The molecule has 0 spiro atoms. The van der Waals surface area contributed by atoms with E-state index in [0.29, 0.717) is 0 Å². The van der Waals surface area contributed by atoms with Crippen LogP contribution in [0.5, 0.6) is 0 Å². The molecule has 0 aliphatic heterocycles. The van der Waals surface area contributed by atoms with Crippen molar-refractivity contribution < 1.29 is 4.79 Å². The summed E-state index contributed by atoms with van der Waals surface area (Å²) in [5.74, 6) is 0.405. The van der Waals surface area contributed by atoms with Gasteiger partial charge in [0, 0.05) is 11.5 Å². The van der Waals surface area contributed by atoms with Crippen LogP contribution >= 0.6 is 0 Å². The molecule has 1 N–H and O–H groups in total. The zero-order valence-corrected chi connectivity index (χ0v) is 10.6. The second kappa shape index (κ2) is 4.38. The van der Waals surface area contributed by atoms with E-state index < -0.39 is 0 Å². The van der Waals surface area contributed by atoms with Gasteiger partial charge in [0.1, 0.15) is 0 Å². The summed E-state index contributed by atoms with van der Waals surface area (Å²) in [6, 6.07) is 0. The van der Waals surface area contributed by atoms with E-state index in [1.165, 1.54) is 11.1 Å². The van der Waals surface area contributed by atoms with Gasteiger partial charge in [-0.05, 0) is 53.9 Å². The predicted molar refractivity (Wildman–Crippen MR) is 63.6 cm³/mol. The summed E-state index contributed by atoms with van der Waals surface area (Å²) >= 11 is 0. The molecular formula is C13H23NO. The second-order valence-electron chi connectivity index (χ2n) is 5.74. The molecule has 1 amide bonds. The van der Waals surface area contributed by atoms with Crippen LogP contribution in [-0.2, 0) is 4.79 Å². The molecule has 0 radical (unpaired) electrons. The first-order chi connectivity index (χ1) is 6.79. The lowest BCUT2D eigenvalue weighted by Gasteiger charge is -2.28. The van der Waals surface area contributed by atoms with Crippen LogP contribution in [0.1, 0.15) is 53.9 Å². The summed E-state index contributed by atoms with van der Waals surface area (Å²) in [7, 11) is 0. The summed E-state index contributed by atoms with van der Waals surface area (Å²) in [5, 5.41) is 3.06. The first kappa shape index (κ1) is 12.3. The van der Waals surface area contributed by atoms with E-state index in [2.05, 4.69) is 19.2 Å². The molecule has 2 heteroatoms. The molecule has 1 aliphatic rings. The Hall–Kier alpha value is -0.790. The van der Waals surface area contributed by atoms with Crippen molar-refractivity contribution >= 4 is 5.91 Å². The van der Waals surface area contributed by atoms with Crippen LogP contribution in [0, 0.1) is 5.92 Å². The predicted octanol–water partition coefficient (Wildman–Crippen LogP) is 3.04. The number of allylic oxidation sites excluding steroid dienone is 2. The van der Waals surface area contributed by atoms with E-state index in [-0.39, 0.29) is 17.4 Å². The van der Waals surface area contributed by atoms with E-state index in [1.807, 2.05) is 20.8 Å². The molecule has 1 atom stereocenters. The Bertz CT molecular complexity index is 283. The highest BCUT2D eigenvalue weighted by Gasteiger charge is 2.25. The van der Waals surface area contributed by atoms with Crippen LogP contribution < -0.4 is 5.32 Å². The van der Waals surface area contributed by atoms with Gasteiger partial charge in [-0.3, -0.25) is 4.79 Å². The highest BCUT2D eigenvalue weighted by Crippen LogP contribution is 2.29. The molecule has 1 aliphatic carbocycles. The van der Waals surface area contributed by atoms with E-state index in [1.54, 1.807) is 0 Å². The van der Waals surface area contributed by atoms with Gasteiger partial charge < -0.3 is 5.32 Å². The Kier molecular flexibility index (Phi) is 3.58. The third-order valence-electron chi connectivity index (χ3n) is 3.02. The van der Waals surface area contributed by atoms with Crippen molar-refractivity contribution in [1.82, 2.24) is 5.32 Å². The van der Waals surface area contributed by atoms with Gasteiger partial charge in [0.25, 0.3) is 0 Å². The van der Waals surface area contributed by atoms with Crippen molar-refractivity contribution in [2.24, 2.45) is 5.92 Å². The molecule has 0 heterocycles. The minimum absolute atomic E-state index is 0.110. The lowest BCUT2D eigenvalue weighted by molar-refractivity contribution is -0.126. The molecule has 86 valence electrons. The van der Waals surface area contributed by atoms with Gasteiger partial charge in [-0.2, -0.15) is 0 Å². The molecule has 1 rings (SSSR count). The van der Waals surface area contributed by atoms with E-state index in [0.717, 1.165) is 19.3 Å². The average molecular weight is 209 g/mol. The van der Waals surface area contributed by atoms with Crippen molar-refractivity contribution in [2.45, 2.75) is 59.4 Å². The van der Waals surface area contributed by atoms with Gasteiger partial charge in [0.2, 0.25) is 5.91 Å². The first-order valence-electron chi connectivity index (χ1n) is 5.77. The molecule has 0 aromatic heterocycles. The number of rotatable bonds is 1. The Morgan fingerprint density at radius 1 is 1.27 bits per heavy atom. The molecule has 0 aromatic rings.